The predicted octanol–water partition coefficient (Wildman–Crippen LogP) is 5.23. The maximum atomic E-state index is 10.1. The number of hydrogen-bond acceptors (Lipinski definition) is 2. The smallest absolute Gasteiger partial charge is 0.198 e. The average molecular weight is 306 g/mol. The molecule has 1 heterocycles. The zero-order chi connectivity index (χ0) is 16.6. The molecule has 0 spiro atoms. The van der Waals surface area contributed by atoms with Crippen LogP contribution in [0, 0.1) is 6.92 Å². The number of aliphatic imine (C=N–C) groups is 1. The number of rotatable bonds is 2. The average Bonchev–Trinajstić information content (AvgIpc) is 2.79. The fourth-order valence-electron chi connectivity index (χ4n) is 2.64. The van der Waals surface area contributed by atoms with E-state index in [2.05, 4.69) is 42.9 Å². The largest absolute Gasteiger partial charge is 0.494 e. The Morgan fingerprint density at radius 3 is 2.39 bits per heavy atom. The fourth-order valence-corrected chi connectivity index (χ4v) is 2.64. The van der Waals surface area contributed by atoms with Gasteiger partial charge in [-0.3, -0.25) is 4.99 Å². The van der Waals surface area contributed by atoms with Gasteiger partial charge in [-0.25, -0.2) is 0 Å². The van der Waals surface area contributed by atoms with Crippen molar-refractivity contribution in [3.05, 3.63) is 59.2 Å². The third kappa shape index (κ3) is 3.14. The third-order valence-corrected chi connectivity index (χ3v) is 4.05. The van der Waals surface area contributed by atoms with Crippen LogP contribution in [0.25, 0.3) is 10.9 Å². The van der Waals surface area contributed by atoms with Crippen molar-refractivity contribution in [3.63, 3.8) is 0 Å². The Balaban J connectivity index is 1.93. The number of benzene rings is 2. The summed E-state index contributed by atoms with van der Waals surface area (Å²) in [6, 6.07) is 14.3. The molecule has 0 saturated heterocycles. The molecule has 0 unspecified atom stereocenters. The number of hydrogen-bond donors (Lipinski definition) is 2. The van der Waals surface area contributed by atoms with Gasteiger partial charge in [0.05, 0.1) is 11.3 Å². The molecule has 0 saturated carbocycles. The van der Waals surface area contributed by atoms with E-state index in [1.54, 1.807) is 6.21 Å². The minimum absolute atomic E-state index is 0.134. The SMILES string of the molecule is Cc1ccc2c(C=Nc3ccc(C(C)(C)C)cc3)c(O)[nH]c2c1. The molecule has 0 aliphatic rings. The van der Waals surface area contributed by atoms with Gasteiger partial charge in [0.25, 0.3) is 0 Å². The molecular weight excluding hydrogens is 284 g/mol. The third-order valence-electron chi connectivity index (χ3n) is 4.05. The van der Waals surface area contributed by atoms with Gasteiger partial charge in [0.15, 0.2) is 5.88 Å². The highest BCUT2D eigenvalue weighted by Gasteiger charge is 2.13. The highest BCUT2D eigenvalue weighted by Crippen LogP contribution is 2.28. The van der Waals surface area contributed by atoms with Gasteiger partial charge in [-0.05, 0) is 41.7 Å². The molecule has 3 nitrogen and oxygen atoms in total. The first-order valence-corrected chi connectivity index (χ1v) is 7.80. The number of nitrogens with one attached hydrogen (secondary N) is 1. The van der Waals surface area contributed by atoms with Crippen molar-refractivity contribution in [2.45, 2.75) is 33.1 Å². The van der Waals surface area contributed by atoms with E-state index in [-0.39, 0.29) is 11.3 Å². The monoisotopic (exact) mass is 306 g/mol. The second-order valence-corrected chi connectivity index (χ2v) is 6.99. The molecule has 0 aliphatic heterocycles. The molecule has 2 aromatic carbocycles. The molecule has 0 aliphatic carbocycles. The first-order valence-electron chi connectivity index (χ1n) is 7.80. The minimum Gasteiger partial charge on any atom is -0.494 e. The summed E-state index contributed by atoms with van der Waals surface area (Å²) in [6.07, 6.45) is 1.72. The molecule has 1 aromatic heterocycles. The van der Waals surface area contributed by atoms with Crippen LogP contribution in [-0.4, -0.2) is 16.3 Å². The van der Waals surface area contributed by atoms with E-state index in [0.29, 0.717) is 0 Å². The first-order chi connectivity index (χ1) is 10.8. The van der Waals surface area contributed by atoms with Gasteiger partial charge in [-0.15, -0.1) is 0 Å². The lowest BCUT2D eigenvalue weighted by Gasteiger charge is -2.18. The van der Waals surface area contributed by atoms with Gasteiger partial charge >= 0.3 is 0 Å². The van der Waals surface area contributed by atoms with Crippen LogP contribution in [0.2, 0.25) is 0 Å². The van der Waals surface area contributed by atoms with Gasteiger partial charge in [0, 0.05) is 17.1 Å². The van der Waals surface area contributed by atoms with E-state index >= 15 is 0 Å². The molecule has 3 aromatic rings. The fraction of sp³-hybridized carbons (Fsp3) is 0.250. The lowest BCUT2D eigenvalue weighted by molar-refractivity contribution is 0.457. The quantitative estimate of drug-likeness (QED) is 0.626. The summed E-state index contributed by atoms with van der Waals surface area (Å²) >= 11 is 0. The maximum absolute atomic E-state index is 10.1. The molecule has 2 N–H and O–H groups in total. The van der Waals surface area contributed by atoms with Gasteiger partial charge < -0.3 is 10.1 Å². The number of H-pyrrole nitrogens is 1. The lowest BCUT2D eigenvalue weighted by atomic mass is 9.87. The number of aromatic amines is 1. The van der Waals surface area contributed by atoms with Crippen LogP contribution in [0.15, 0.2) is 47.5 Å². The van der Waals surface area contributed by atoms with Crippen molar-refractivity contribution in [2.24, 2.45) is 4.99 Å². The van der Waals surface area contributed by atoms with Crippen molar-refractivity contribution in [3.8, 4) is 5.88 Å². The van der Waals surface area contributed by atoms with Crippen molar-refractivity contribution in [2.75, 3.05) is 0 Å². The lowest BCUT2D eigenvalue weighted by Crippen LogP contribution is -2.10. The van der Waals surface area contributed by atoms with E-state index in [1.807, 2.05) is 37.3 Å². The van der Waals surface area contributed by atoms with E-state index in [0.717, 1.165) is 27.7 Å². The summed E-state index contributed by atoms with van der Waals surface area (Å²) in [5.41, 5.74) is 5.09. The number of aromatic nitrogens is 1. The molecule has 23 heavy (non-hydrogen) atoms. The Hall–Kier alpha value is -2.55. The number of aryl methyl sites for hydroxylation is 1. The topological polar surface area (TPSA) is 48.4 Å². The second kappa shape index (κ2) is 5.58. The maximum Gasteiger partial charge on any atom is 0.198 e. The molecule has 118 valence electrons. The number of aromatic hydroxyl groups is 1. The summed E-state index contributed by atoms with van der Waals surface area (Å²) in [5, 5.41) is 11.1. The van der Waals surface area contributed by atoms with E-state index in [1.165, 1.54) is 5.56 Å². The summed E-state index contributed by atoms with van der Waals surface area (Å²) in [4.78, 5) is 7.50. The number of nitrogens with zero attached hydrogens (tertiary/aromatic N) is 1. The molecular formula is C20H22N2O. The Labute approximate surface area is 136 Å². The highest BCUT2D eigenvalue weighted by molar-refractivity contribution is 6.02. The molecule has 0 fully saturated rings. The van der Waals surface area contributed by atoms with Gasteiger partial charge in [0.1, 0.15) is 0 Å². The molecule has 3 rings (SSSR count). The second-order valence-electron chi connectivity index (χ2n) is 6.99. The minimum atomic E-state index is 0.134. The molecule has 0 amide bonds. The Kier molecular flexibility index (Phi) is 3.72. The van der Waals surface area contributed by atoms with E-state index < -0.39 is 0 Å². The highest BCUT2D eigenvalue weighted by atomic mass is 16.3. The zero-order valence-corrected chi connectivity index (χ0v) is 14.0. The summed E-state index contributed by atoms with van der Waals surface area (Å²) < 4.78 is 0. The van der Waals surface area contributed by atoms with Crippen LogP contribution in [0.4, 0.5) is 5.69 Å². The summed E-state index contributed by atoms with van der Waals surface area (Å²) in [5.74, 6) is 0.153. The summed E-state index contributed by atoms with van der Waals surface area (Å²) in [6.45, 7) is 8.60. The Morgan fingerprint density at radius 2 is 1.74 bits per heavy atom. The Bertz CT molecular complexity index is 865. The first kappa shape index (κ1) is 15.3. The van der Waals surface area contributed by atoms with Gasteiger partial charge in [-0.1, -0.05) is 45.0 Å². The zero-order valence-electron chi connectivity index (χ0n) is 14.0. The van der Waals surface area contributed by atoms with E-state index in [4.69, 9.17) is 0 Å². The van der Waals surface area contributed by atoms with Crippen LogP contribution in [0.3, 0.4) is 0 Å². The van der Waals surface area contributed by atoms with E-state index in [9.17, 15) is 5.11 Å². The van der Waals surface area contributed by atoms with Crippen molar-refractivity contribution < 1.29 is 5.11 Å². The Morgan fingerprint density at radius 1 is 1.04 bits per heavy atom. The molecule has 0 radical (unpaired) electrons. The van der Waals surface area contributed by atoms with Gasteiger partial charge in [0.2, 0.25) is 0 Å². The molecule has 3 heteroatoms. The van der Waals surface area contributed by atoms with Gasteiger partial charge in [-0.2, -0.15) is 0 Å². The number of fused-ring (bicyclic) bond motifs is 1. The van der Waals surface area contributed by atoms with Crippen LogP contribution in [-0.2, 0) is 5.41 Å². The van der Waals surface area contributed by atoms with Crippen LogP contribution < -0.4 is 0 Å². The molecule has 0 atom stereocenters. The van der Waals surface area contributed by atoms with Crippen molar-refractivity contribution in [1.82, 2.24) is 4.98 Å². The molecule has 0 bridgehead atoms. The van der Waals surface area contributed by atoms with Crippen LogP contribution >= 0.6 is 0 Å². The van der Waals surface area contributed by atoms with Crippen molar-refractivity contribution in [1.29, 1.82) is 0 Å². The van der Waals surface area contributed by atoms with Crippen LogP contribution in [0.1, 0.15) is 37.5 Å². The van der Waals surface area contributed by atoms with Crippen LogP contribution in [0.5, 0.6) is 5.88 Å². The predicted molar refractivity (Wildman–Crippen MR) is 97.1 cm³/mol. The standard InChI is InChI=1S/C20H22N2O/c1-13-5-10-16-17(19(23)22-18(16)11-13)12-21-15-8-6-14(7-9-15)20(2,3)4/h5-12,22-23H,1-4H3. The van der Waals surface area contributed by atoms with Crippen molar-refractivity contribution >= 4 is 22.8 Å². The summed E-state index contributed by atoms with van der Waals surface area (Å²) in [7, 11) is 0. The normalized spacial score (nSPS) is 12.3.